The number of ether oxygens (including phenoxy) is 1. The number of hydrogen-bond acceptors (Lipinski definition) is 6. The van der Waals surface area contributed by atoms with Crippen LogP contribution in [-0.4, -0.2) is 75.8 Å². The summed E-state index contributed by atoms with van der Waals surface area (Å²) >= 11 is 0. The van der Waals surface area contributed by atoms with Crippen molar-refractivity contribution in [2.45, 2.75) is 71.4 Å². The van der Waals surface area contributed by atoms with Gasteiger partial charge >= 0.3 is 0 Å². The first-order valence-corrected chi connectivity index (χ1v) is 13.9. The molecule has 0 bridgehead atoms. The van der Waals surface area contributed by atoms with Crippen molar-refractivity contribution >= 4 is 28.2 Å². The number of benzene rings is 1. The summed E-state index contributed by atoms with van der Waals surface area (Å²) in [7, 11) is 1.60. The highest BCUT2D eigenvalue weighted by Crippen LogP contribution is 2.31. The minimum Gasteiger partial charge on any atom is -0.494 e. The van der Waals surface area contributed by atoms with E-state index in [2.05, 4.69) is 34.1 Å². The molecule has 0 aliphatic carbocycles. The molecule has 3 N–H and O–H groups in total. The van der Waals surface area contributed by atoms with Crippen LogP contribution in [0.2, 0.25) is 0 Å². The zero-order chi connectivity index (χ0) is 27.1. The van der Waals surface area contributed by atoms with Gasteiger partial charge in [0.1, 0.15) is 5.69 Å². The Hall–Kier alpha value is -3.17. The van der Waals surface area contributed by atoms with E-state index in [9.17, 15) is 9.90 Å². The number of aliphatic imine (C=N–C) groups is 1. The monoisotopic (exact) mass is 522 g/mol. The van der Waals surface area contributed by atoms with Gasteiger partial charge in [-0.25, -0.2) is 4.99 Å². The Labute approximate surface area is 225 Å². The lowest BCUT2D eigenvalue weighted by molar-refractivity contribution is 0.0962. The molecule has 0 saturated carbocycles. The van der Waals surface area contributed by atoms with Gasteiger partial charge in [-0.05, 0) is 70.6 Å². The lowest BCUT2D eigenvalue weighted by atomic mass is 10.0. The van der Waals surface area contributed by atoms with Crippen LogP contribution < -0.4 is 5.32 Å². The predicted octanol–water partition coefficient (Wildman–Crippen LogP) is 5.19. The van der Waals surface area contributed by atoms with E-state index in [1.54, 1.807) is 31.4 Å². The molecule has 2 aliphatic heterocycles. The Morgan fingerprint density at radius 3 is 2.55 bits per heavy atom. The third-order valence-electron chi connectivity index (χ3n) is 7.42. The molecule has 2 aromatic heterocycles. The molecular formula is C29H42N6O3. The standard InChI is InChI=1S/C24H32N6O2.C5H10O/c1-5-20(22-19-12-16(23(31)25-4)6-7-21(19)28-24(22)32)27-17-13-26-30(14-17)18-8-10-29(11-9-18)15(2)3;1-2-4-6-5-3-1/h6-7,12-15,18,28,32H,5,8-11H2,1-4H3,(H,25,31);1-5H2. The second-order valence-electron chi connectivity index (χ2n) is 10.3. The number of hydrogen-bond donors (Lipinski definition) is 3. The highest BCUT2D eigenvalue weighted by atomic mass is 16.5. The van der Waals surface area contributed by atoms with Crippen molar-refractivity contribution in [1.29, 1.82) is 0 Å². The smallest absolute Gasteiger partial charge is 0.251 e. The Morgan fingerprint density at radius 1 is 1.24 bits per heavy atom. The van der Waals surface area contributed by atoms with Crippen LogP contribution >= 0.6 is 0 Å². The van der Waals surface area contributed by atoms with Crippen molar-refractivity contribution < 1.29 is 14.6 Å². The number of aromatic nitrogens is 3. The minimum atomic E-state index is -0.168. The number of nitrogens with zero attached hydrogens (tertiary/aromatic N) is 4. The Balaban J connectivity index is 0.000000494. The number of aromatic hydroxyl groups is 1. The molecule has 9 nitrogen and oxygen atoms in total. The summed E-state index contributed by atoms with van der Waals surface area (Å²) in [4.78, 5) is 22.4. The van der Waals surface area contributed by atoms with Gasteiger partial charge < -0.3 is 25.0 Å². The van der Waals surface area contributed by atoms with Gasteiger partial charge in [0.15, 0.2) is 5.88 Å². The fraction of sp³-hybridized carbons (Fsp3) is 0.552. The van der Waals surface area contributed by atoms with Crippen LogP contribution in [0.15, 0.2) is 35.6 Å². The van der Waals surface area contributed by atoms with Crippen molar-refractivity contribution in [3.63, 3.8) is 0 Å². The van der Waals surface area contributed by atoms with Gasteiger partial charge in [0, 0.05) is 55.9 Å². The van der Waals surface area contributed by atoms with E-state index in [4.69, 9.17) is 9.73 Å². The molecule has 4 heterocycles. The zero-order valence-corrected chi connectivity index (χ0v) is 23.2. The number of amides is 1. The Morgan fingerprint density at radius 2 is 1.97 bits per heavy atom. The first-order valence-electron chi connectivity index (χ1n) is 13.9. The van der Waals surface area contributed by atoms with Gasteiger partial charge in [-0.1, -0.05) is 6.92 Å². The number of likely N-dealkylation sites (tertiary alicyclic amines) is 1. The number of H-pyrrole nitrogens is 1. The number of nitrogens with one attached hydrogen (secondary N) is 2. The quantitative estimate of drug-likeness (QED) is 0.386. The molecule has 1 amide bonds. The summed E-state index contributed by atoms with van der Waals surface area (Å²) in [6.07, 6.45) is 10.5. The maximum absolute atomic E-state index is 12.1. The van der Waals surface area contributed by atoms with Crippen LogP contribution in [-0.2, 0) is 4.74 Å². The summed E-state index contributed by atoms with van der Waals surface area (Å²) in [5.74, 6) is -0.110. The summed E-state index contributed by atoms with van der Waals surface area (Å²) in [5.41, 5.74) is 3.45. The second-order valence-corrected chi connectivity index (χ2v) is 10.3. The van der Waals surface area contributed by atoms with E-state index in [0.29, 0.717) is 29.6 Å². The molecule has 0 unspecified atom stereocenters. The van der Waals surface area contributed by atoms with E-state index in [-0.39, 0.29) is 11.8 Å². The lowest BCUT2D eigenvalue weighted by Gasteiger charge is -2.34. The molecule has 206 valence electrons. The molecule has 1 aromatic carbocycles. The molecule has 0 atom stereocenters. The predicted molar refractivity (Wildman–Crippen MR) is 152 cm³/mol. The van der Waals surface area contributed by atoms with E-state index in [0.717, 1.165) is 61.4 Å². The van der Waals surface area contributed by atoms with Gasteiger partial charge in [0.05, 0.1) is 29.7 Å². The van der Waals surface area contributed by atoms with Crippen molar-refractivity contribution in [3.05, 3.63) is 41.7 Å². The van der Waals surface area contributed by atoms with Gasteiger partial charge in [-0.3, -0.25) is 9.48 Å². The van der Waals surface area contributed by atoms with Crippen LogP contribution in [0.5, 0.6) is 5.88 Å². The topological polar surface area (TPSA) is 108 Å². The number of carbonyl (C=O) groups excluding carboxylic acids is 1. The van der Waals surface area contributed by atoms with Gasteiger partial charge in [-0.2, -0.15) is 5.10 Å². The summed E-state index contributed by atoms with van der Waals surface area (Å²) in [6.45, 7) is 10.7. The van der Waals surface area contributed by atoms with Crippen molar-refractivity contribution in [3.8, 4) is 5.88 Å². The third kappa shape index (κ3) is 6.63. The van der Waals surface area contributed by atoms with E-state index in [1.807, 2.05) is 17.8 Å². The van der Waals surface area contributed by atoms with Crippen LogP contribution in [0.3, 0.4) is 0 Å². The minimum absolute atomic E-state index is 0.0584. The highest BCUT2D eigenvalue weighted by molar-refractivity contribution is 6.14. The van der Waals surface area contributed by atoms with Gasteiger partial charge in [0.25, 0.3) is 5.91 Å². The lowest BCUT2D eigenvalue weighted by Crippen LogP contribution is -2.39. The van der Waals surface area contributed by atoms with E-state index in [1.165, 1.54) is 19.3 Å². The fourth-order valence-corrected chi connectivity index (χ4v) is 5.16. The molecule has 2 aliphatic rings. The number of piperidine rings is 1. The number of rotatable bonds is 6. The van der Waals surface area contributed by atoms with Crippen molar-refractivity contribution in [2.24, 2.45) is 4.99 Å². The SMILES string of the molecule is C1CCOCC1.CCC(=Nc1cnn(C2CCN(C(C)C)CC2)c1)c1c(O)[nH]c2ccc(C(=O)NC)cc12. The van der Waals surface area contributed by atoms with Gasteiger partial charge in [0.2, 0.25) is 0 Å². The van der Waals surface area contributed by atoms with E-state index >= 15 is 0 Å². The second kappa shape index (κ2) is 13.1. The first-order chi connectivity index (χ1) is 18.4. The average molecular weight is 523 g/mol. The number of carbonyl (C=O) groups is 1. The maximum atomic E-state index is 12.1. The van der Waals surface area contributed by atoms with Crippen LogP contribution in [0, 0.1) is 0 Å². The van der Waals surface area contributed by atoms with Crippen molar-refractivity contribution in [2.75, 3.05) is 33.4 Å². The fourth-order valence-electron chi connectivity index (χ4n) is 5.16. The van der Waals surface area contributed by atoms with Gasteiger partial charge in [-0.15, -0.1) is 0 Å². The number of fused-ring (bicyclic) bond motifs is 1. The molecule has 0 spiro atoms. The summed E-state index contributed by atoms with van der Waals surface area (Å²) in [6, 6.07) is 6.29. The van der Waals surface area contributed by atoms with Crippen LogP contribution in [0.25, 0.3) is 10.9 Å². The van der Waals surface area contributed by atoms with Crippen molar-refractivity contribution in [1.82, 2.24) is 25.0 Å². The molecule has 2 fully saturated rings. The number of aromatic amines is 1. The molecule has 2 saturated heterocycles. The largest absolute Gasteiger partial charge is 0.494 e. The molecule has 5 rings (SSSR count). The zero-order valence-electron chi connectivity index (χ0n) is 23.2. The van der Waals surface area contributed by atoms with Crippen LogP contribution in [0.1, 0.15) is 81.3 Å². The summed E-state index contributed by atoms with van der Waals surface area (Å²) in [5, 5.41) is 18.6. The molecular weight excluding hydrogens is 480 g/mol. The molecule has 9 heteroatoms. The Kier molecular flexibility index (Phi) is 9.58. The van der Waals surface area contributed by atoms with E-state index < -0.39 is 0 Å². The first kappa shape index (κ1) is 27.9. The maximum Gasteiger partial charge on any atom is 0.251 e. The third-order valence-corrected chi connectivity index (χ3v) is 7.42. The summed E-state index contributed by atoms with van der Waals surface area (Å²) < 4.78 is 7.10. The molecule has 3 aromatic rings. The molecule has 38 heavy (non-hydrogen) atoms. The molecule has 0 radical (unpaired) electrons. The van der Waals surface area contributed by atoms with Crippen LogP contribution in [0.4, 0.5) is 5.69 Å². The Bertz CT molecular complexity index is 1220. The average Bonchev–Trinajstić information content (AvgIpc) is 3.55. The normalized spacial score (nSPS) is 17.4. The highest BCUT2D eigenvalue weighted by Gasteiger charge is 2.23.